The Kier molecular flexibility index (Phi) is 3.34. The van der Waals surface area contributed by atoms with Crippen LogP contribution in [0.3, 0.4) is 0 Å². The Morgan fingerprint density at radius 1 is 1.00 bits per heavy atom. The van der Waals surface area contributed by atoms with Gasteiger partial charge in [0, 0.05) is 11.1 Å². The molecule has 0 aliphatic heterocycles. The summed E-state index contributed by atoms with van der Waals surface area (Å²) < 4.78 is 26.2. The van der Waals surface area contributed by atoms with E-state index in [2.05, 4.69) is 28.7 Å². The quantitative estimate of drug-likeness (QED) is 0.779. The van der Waals surface area contributed by atoms with Crippen molar-refractivity contribution in [2.75, 3.05) is 18.8 Å². The molecule has 5 heteroatoms. The Morgan fingerprint density at radius 2 is 1.72 bits per heavy atom. The molecule has 0 aliphatic rings. The van der Waals surface area contributed by atoms with Gasteiger partial charge in [0.05, 0.1) is 11.3 Å². The highest BCUT2D eigenvalue weighted by Crippen LogP contribution is 2.44. The van der Waals surface area contributed by atoms with E-state index < -0.39 is 21.9 Å². The fraction of sp³-hybridized carbons (Fsp3) is 0.231. The van der Waals surface area contributed by atoms with Gasteiger partial charge < -0.3 is 0 Å². The van der Waals surface area contributed by atoms with E-state index in [0.29, 0.717) is 5.69 Å². The zero-order valence-corrected chi connectivity index (χ0v) is 11.3. The summed E-state index contributed by atoms with van der Waals surface area (Å²) in [7, 11) is -0.850. The van der Waals surface area contributed by atoms with E-state index in [4.69, 9.17) is 0 Å². The third-order valence-electron chi connectivity index (χ3n) is 2.53. The molecule has 0 saturated heterocycles. The van der Waals surface area contributed by atoms with Crippen LogP contribution in [0.2, 0.25) is 0 Å². The first-order valence-corrected chi connectivity index (χ1v) is 8.20. The molecular weight excluding hydrogens is 254 g/mol. The summed E-state index contributed by atoms with van der Waals surface area (Å²) in [5.41, 5.74) is 0.680. The van der Waals surface area contributed by atoms with Gasteiger partial charge in [-0.3, -0.25) is 4.98 Å². The lowest BCUT2D eigenvalue weighted by atomic mass is 10.2. The lowest BCUT2D eigenvalue weighted by Gasteiger charge is -2.25. The second-order valence-electron chi connectivity index (χ2n) is 4.69. The molecule has 18 heavy (non-hydrogen) atoms. The number of hydrogen-bond acceptors (Lipinski definition) is 2. The number of hydrogen-bond donors (Lipinski definition) is 0. The minimum absolute atomic E-state index is 0.215. The van der Waals surface area contributed by atoms with Crippen LogP contribution < -0.4 is 0 Å². The molecule has 0 unspecified atom stereocenters. The molecule has 2 nitrogen and oxygen atoms in total. The average molecular weight is 268 g/mol. The Morgan fingerprint density at radius 3 is 2.22 bits per heavy atom. The highest BCUT2D eigenvalue weighted by molar-refractivity contribution is 8.32. The molecule has 0 fully saturated rings. The molecule has 0 N–H and O–H groups in total. The van der Waals surface area contributed by atoms with Crippen LogP contribution in [0.1, 0.15) is 0 Å². The first-order chi connectivity index (χ1) is 8.38. The Labute approximate surface area is 106 Å². The highest BCUT2D eigenvalue weighted by Gasteiger charge is 2.12. The summed E-state index contributed by atoms with van der Waals surface area (Å²) in [5, 5.41) is 0. The molecule has 0 aromatic carbocycles. The van der Waals surface area contributed by atoms with E-state index in [1.165, 1.54) is 6.07 Å². The van der Waals surface area contributed by atoms with Crippen LogP contribution in [-0.2, 0) is 0 Å². The van der Waals surface area contributed by atoms with Crippen molar-refractivity contribution in [3.8, 4) is 11.3 Å². The zero-order chi connectivity index (χ0) is 13.3. The summed E-state index contributed by atoms with van der Waals surface area (Å²) in [4.78, 5) is 8.52. The van der Waals surface area contributed by atoms with Crippen molar-refractivity contribution in [2.45, 2.75) is 4.90 Å². The fourth-order valence-electron chi connectivity index (χ4n) is 1.51. The van der Waals surface area contributed by atoms with Crippen LogP contribution >= 0.6 is 10.0 Å². The van der Waals surface area contributed by atoms with Crippen molar-refractivity contribution in [3.05, 3.63) is 42.4 Å². The van der Waals surface area contributed by atoms with Crippen LogP contribution in [0, 0.1) is 11.9 Å². The minimum atomic E-state index is -0.850. The molecule has 96 valence electrons. The SMILES string of the molecule is CS(C)(C)c1ccc(-c2ccc(F)nc2F)nc1. The molecule has 0 amide bonds. The third-order valence-corrected chi connectivity index (χ3v) is 4.19. The predicted molar refractivity (Wildman–Crippen MR) is 71.0 cm³/mol. The van der Waals surface area contributed by atoms with Gasteiger partial charge in [-0.05, 0) is 43.0 Å². The van der Waals surface area contributed by atoms with Gasteiger partial charge in [0.25, 0.3) is 0 Å². The fourth-order valence-corrected chi connectivity index (χ4v) is 2.35. The molecule has 0 saturated carbocycles. The maximum Gasteiger partial charge on any atom is 0.224 e. The van der Waals surface area contributed by atoms with Gasteiger partial charge in [-0.1, -0.05) is 0 Å². The zero-order valence-electron chi connectivity index (χ0n) is 10.4. The lowest BCUT2D eigenvalue weighted by molar-refractivity contribution is 0.515. The van der Waals surface area contributed by atoms with Crippen molar-refractivity contribution in [3.63, 3.8) is 0 Å². The van der Waals surface area contributed by atoms with Gasteiger partial charge in [0.1, 0.15) is 0 Å². The maximum atomic E-state index is 13.5. The summed E-state index contributed by atoms with van der Waals surface area (Å²) in [6.07, 6.45) is 8.21. The maximum absolute atomic E-state index is 13.5. The molecule has 2 heterocycles. The standard InChI is InChI=1S/C13H14F2N2S/c1-18(2,3)9-4-6-11(16-8-9)10-5-7-12(14)17-13(10)15/h4-8H,1-3H3. The van der Waals surface area contributed by atoms with Gasteiger partial charge in [0.15, 0.2) is 0 Å². The molecule has 2 aromatic rings. The number of halogens is 2. The average Bonchev–Trinajstić information content (AvgIpc) is 2.28. The number of rotatable bonds is 2. The molecule has 0 bridgehead atoms. The lowest BCUT2D eigenvalue weighted by Crippen LogP contribution is -1.97. The predicted octanol–water partition coefficient (Wildman–Crippen LogP) is 3.47. The molecule has 0 radical (unpaired) electrons. The molecule has 0 aliphatic carbocycles. The van der Waals surface area contributed by atoms with E-state index >= 15 is 0 Å². The summed E-state index contributed by atoms with van der Waals surface area (Å²) in [5.74, 6) is -1.66. The van der Waals surface area contributed by atoms with Crippen molar-refractivity contribution in [2.24, 2.45) is 0 Å². The summed E-state index contributed by atoms with van der Waals surface area (Å²) in [6.45, 7) is 0. The van der Waals surface area contributed by atoms with Gasteiger partial charge in [-0.2, -0.15) is 13.8 Å². The smallest absolute Gasteiger partial charge is 0.224 e. The topological polar surface area (TPSA) is 25.8 Å². The van der Waals surface area contributed by atoms with Crippen molar-refractivity contribution in [1.29, 1.82) is 0 Å². The van der Waals surface area contributed by atoms with Gasteiger partial charge >= 0.3 is 0 Å². The van der Waals surface area contributed by atoms with E-state index in [1.807, 2.05) is 6.07 Å². The molecule has 2 aromatic heterocycles. The van der Waals surface area contributed by atoms with E-state index in [1.54, 1.807) is 12.3 Å². The van der Waals surface area contributed by atoms with Crippen molar-refractivity contribution in [1.82, 2.24) is 9.97 Å². The van der Waals surface area contributed by atoms with E-state index in [-0.39, 0.29) is 5.56 Å². The Balaban J connectivity index is 2.41. The number of nitrogens with zero attached hydrogens (tertiary/aromatic N) is 2. The van der Waals surface area contributed by atoms with E-state index in [9.17, 15) is 8.78 Å². The molecule has 0 atom stereocenters. The Bertz CT molecular complexity index is 562. The highest BCUT2D eigenvalue weighted by atomic mass is 32.3. The molecule has 2 rings (SSSR count). The molecular formula is C13H14F2N2S. The first kappa shape index (κ1) is 13.0. The second kappa shape index (κ2) is 4.65. The summed E-state index contributed by atoms with van der Waals surface area (Å²) in [6, 6.07) is 6.15. The monoisotopic (exact) mass is 268 g/mol. The third kappa shape index (κ3) is 2.67. The van der Waals surface area contributed by atoms with Gasteiger partial charge in [0.2, 0.25) is 11.9 Å². The largest absolute Gasteiger partial charge is 0.255 e. The second-order valence-corrected chi connectivity index (χ2v) is 8.83. The van der Waals surface area contributed by atoms with Crippen LogP contribution in [-0.4, -0.2) is 28.7 Å². The number of aromatic nitrogens is 2. The van der Waals surface area contributed by atoms with Crippen LogP contribution in [0.4, 0.5) is 8.78 Å². The summed E-state index contributed by atoms with van der Waals surface area (Å²) >= 11 is 0. The van der Waals surface area contributed by atoms with Gasteiger partial charge in [-0.15, -0.1) is 0 Å². The minimum Gasteiger partial charge on any atom is -0.255 e. The van der Waals surface area contributed by atoms with Crippen molar-refractivity contribution < 1.29 is 8.78 Å². The normalized spacial score (nSPS) is 12.5. The van der Waals surface area contributed by atoms with Crippen LogP contribution in [0.5, 0.6) is 0 Å². The van der Waals surface area contributed by atoms with E-state index in [0.717, 1.165) is 11.0 Å². The van der Waals surface area contributed by atoms with Crippen LogP contribution in [0.15, 0.2) is 35.4 Å². The first-order valence-electron chi connectivity index (χ1n) is 5.35. The van der Waals surface area contributed by atoms with Crippen LogP contribution in [0.25, 0.3) is 11.3 Å². The molecule has 0 spiro atoms. The van der Waals surface area contributed by atoms with Gasteiger partial charge in [-0.25, -0.2) is 10.0 Å². The number of pyridine rings is 2. The Hall–Kier alpha value is -1.49. The van der Waals surface area contributed by atoms with Crippen molar-refractivity contribution >= 4 is 10.0 Å².